The second kappa shape index (κ2) is 11.8. The summed E-state index contributed by atoms with van der Waals surface area (Å²) < 4.78 is 46.3. The number of carbonyl (C=O) groups is 1. The molecule has 10 heteroatoms. The Kier molecular flexibility index (Phi) is 8.04. The molecule has 0 radical (unpaired) electrons. The Morgan fingerprint density at radius 1 is 1.15 bits per heavy atom. The first-order valence-corrected chi connectivity index (χ1v) is 16.7. The zero-order valence-corrected chi connectivity index (χ0v) is 27.2. The summed E-state index contributed by atoms with van der Waals surface area (Å²) >= 11 is 0. The van der Waals surface area contributed by atoms with Gasteiger partial charge >= 0.3 is 11.6 Å². The number of ether oxygens (including phenoxy) is 4. The minimum atomic E-state index is -1.26. The summed E-state index contributed by atoms with van der Waals surface area (Å²) in [6.45, 7) is 8.41. The van der Waals surface area contributed by atoms with Crippen molar-refractivity contribution >= 4 is 5.97 Å². The molecule has 0 spiro atoms. The highest BCUT2D eigenvalue weighted by molar-refractivity contribution is 5.69. The number of carbonyl (C=O) groups excluding carboxylic acids is 1. The van der Waals surface area contributed by atoms with Crippen molar-refractivity contribution in [2.45, 2.75) is 96.4 Å². The number of esters is 1. The average molecular weight is 648 g/mol. The van der Waals surface area contributed by atoms with Crippen LogP contribution in [0.4, 0.5) is 4.39 Å². The summed E-state index contributed by atoms with van der Waals surface area (Å²) in [7, 11) is 0. The maximum atomic E-state index is 14.7. The van der Waals surface area contributed by atoms with Crippen molar-refractivity contribution in [3.8, 4) is 17.1 Å². The van der Waals surface area contributed by atoms with Gasteiger partial charge in [-0.05, 0) is 62.1 Å². The van der Waals surface area contributed by atoms with Crippen molar-refractivity contribution in [2.75, 3.05) is 6.61 Å². The Labute approximate surface area is 273 Å². The highest BCUT2D eigenvalue weighted by Crippen LogP contribution is 2.68. The van der Waals surface area contributed by atoms with Crippen LogP contribution in [0.2, 0.25) is 0 Å². The van der Waals surface area contributed by atoms with Crippen molar-refractivity contribution in [1.82, 2.24) is 4.98 Å². The molecule has 7 rings (SSSR count). The highest BCUT2D eigenvalue weighted by atomic mass is 19.1. The second-order valence-electron chi connectivity index (χ2n) is 14.3. The van der Waals surface area contributed by atoms with Gasteiger partial charge in [0.05, 0.1) is 18.8 Å². The molecule has 1 saturated heterocycles. The largest absolute Gasteiger partial charge is 0.482 e. The van der Waals surface area contributed by atoms with Crippen LogP contribution in [0.5, 0.6) is 5.75 Å². The molecule has 9 nitrogen and oxygen atoms in total. The fourth-order valence-corrected chi connectivity index (χ4v) is 9.22. The lowest BCUT2D eigenvalue weighted by Gasteiger charge is -2.67. The second-order valence-corrected chi connectivity index (χ2v) is 14.3. The van der Waals surface area contributed by atoms with Gasteiger partial charge in [-0.2, -0.15) is 0 Å². The number of aromatic nitrogens is 1. The van der Waals surface area contributed by atoms with E-state index in [4.69, 9.17) is 23.4 Å². The lowest BCUT2D eigenvalue weighted by Crippen LogP contribution is -2.72. The van der Waals surface area contributed by atoms with Crippen LogP contribution in [-0.4, -0.2) is 40.5 Å². The summed E-state index contributed by atoms with van der Waals surface area (Å²) in [6.07, 6.45) is 3.57. The minimum absolute atomic E-state index is 0.0566. The number of rotatable bonds is 6. The van der Waals surface area contributed by atoms with Crippen LogP contribution in [0.1, 0.15) is 89.7 Å². The number of pyridine rings is 1. The predicted molar refractivity (Wildman–Crippen MR) is 169 cm³/mol. The van der Waals surface area contributed by atoms with Gasteiger partial charge in [-0.15, -0.1) is 0 Å². The van der Waals surface area contributed by atoms with Gasteiger partial charge < -0.3 is 28.5 Å². The van der Waals surface area contributed by atoms with Gasteiger partial charge in [-0.3, -0.25) is 9.78 Å². The van der Waals surface area contributed by atoms with Gasteiger partial charge in [-0.25, -0.2) is 9.18 Å². The number of nitrogens with zero attached hydrogens (tertiary/aromatic N) is 1. The zero-order valence-electron chi connectivity index (χ0n) is 27.2. The molecule has 250 valence electrons. The molecule has 0 unspecified atom stereocenters. The van der Waals surface area contributed by atoms with E-state index >= 15 is 0 Å². The molecule has 1 aromatic carbocycles. The molecule has 4 aliphatic rings. The number of unbranched alkanes of at least 4 members (excludes halogenated alkanes) is 1. The molecule has 3 fully saturated rings. The van der Waals surface area contributed by atoms with E-state index in [0.717, 1.165) is 6.42 Å². The number of fused-ring (bicyclic) bond motifs is 6. The van der Waals surface area contributed by atoms with Crippen LogP contribution < -0.4 is 10.4 Å². The quantitative estimate of drug-likeness (QED) is 0.292. The number of aliphatic hydroxyl groups excluding tert-OH is 1. The molecule has 4 heterocycles. The van der Waals surface area contributed by atoms with E-state index in [1.807, 2.05) is 13.8 Å². The van der Waals surface area contributed by atoms with Crippen LogP contribution in [-0.2, 0) is 19.0 Å². The zero-order chi connectivity index (χ0) is 33.1. The third kappa shape index (κ3) is 5.11. The predicted octanol–water partition coefficient (Wildman–Crippen LogP) is 6.68. The van der Waals surface area contributed by atoms with Crippen molar-refractivity contribution < 1.29 is 37.7 Å². The molecular formula is C37H42FNO8. The van der Waals surface area contributed by atoms with Crippen molar-refractivity contribution in [3.63, 3.8) is 0 Å². The Bertz CT molecular complexity index is 1710. The Balaban J connectivity index is 1.29. The molecule has 2 aliphatic carbocycles. The van der Waals surface area contributed by atoms with E-state index in [0.29, 0.717) is 36.8 Å². The molecule has 1 N–H and O–H groups in total. The number of hydrogen-bond acceptors (Lipinski definition) is 9. The van der Waals surface area contributed by atoms with E-state index in [-0.39, 0.29) is 53.9 Å². The van der Waals surface area contributed by atoms with E-state index in [1.54, 1.807) is 48.8 Å². The van der Waals surface area contributed by atoms with Gasteiger partial charge in [0.25, 0.3) is 0 Å². The fourth-order valence-electron chi connectivity index (χ4n) is 9.22. The lowest BCUT2D eigenvalue weighted by atomic mass is 9.42. The normalized spacial score (nSPS) is 35.8. The molecule has 3 aromatic rings. The first-order valence-electron chi connectivity index (χ1n) is 16.7. The lowest BCUT2D eigenvalue weighted by molar-refractivity contribution is -0.331. The van der Waals surface area contributed by atoms with Crippen LogP contribution >= 0.6 is 0 Å². The molecule has 47 heavy (non-hydrogen) atoms. The summed E-state index contributed by atoms with van der Waals surface area (Å²) in [5.74, 6) is -1.05. The number of halogens is 1. The van der Waals surface area contributed by atoms with E-state index in [2.05, 4.69) is 18.8 Å². The molecule has 0 bridgehead atoms. The SMILES string of the molecule is CCCCC(=O)O[C@H]1C[C@H]2[C@]3(C)CO[C@@H](c4ccccc4F)O[C@H]3CC[C@]2(C)[C@H]2[C@@H](O)c3c(cc(-c4cccnc4)oc3=O)O[C@]12C. The summed E-state index contributed by atoms with van der Waals surface area (Å²) in [5, 5.41) is 12.3. The van der Waals surface area contributed by atoms with E-state index < -0.39 is 46.5 Å². The summed E-state index contributed by atoms with van der Waals surface area (Å²) in [4.78, 5) is 31.0. The maximum absolute atomic E-state index is 14.7. The summed E-state index contributed by atoms with van der Waals surface area (Å²) in [6, 6.07) is 11.6. The smallest absolute Gasteiger partial charge is 0.345 e. The molecule has 2 saturated carbocycles. The molecule has 2 aliphatic heterocycles. The van der Waals surface area contributed by atoms with Gasteiger partial charge in [-0.1, -0.05) is 45.4 Å². The van der Waals surface area contributed by atoms with Gasteiger partial charge in [0.15, 0.2) is 6.29 Å². The van der Waals surface area contributed by atoms with Crippen molar-refractivity contribution in [2.24, 2.45) is 22.7 Å². The third-order valence-corrected chi connectivity index (χ3v) is 11.5. The monoisotopic (exact) mass is 647 g/mol. The van der Waals surface area contributed by atoms with Crippen molar-refractivity contribution in [1.29, 1.82) is 0 Å². The van der Waals surface area contributed by atoms with Gasteiger partial charge in [0, 0.05) is 47.3 Å². The van der Waals surface area contributed by atoms with Crippen LogP contribution in [0.25, 0.3) is 11.3 Å². The fraction of sp³-hybridized carbons (Fsp3) is 0.541. The topological polar surface area (TPSA) is 117 Å². The number of benzene rings is 1. The summed E-state index contributed by atoms with van der Waals surface area (Å²) in [5.41, 5.74) is -2.01. The minimum Gasteiger partial charge on any atom is -0.482 e. The highest BCUT2D eigenvalue weighted by Gasteiger charge is 2.71. The van der Waals surface area contributed by atoms with E-state index in [9.17, 15) is 19.1 Å². The molecular weight excluding hydrogens is 605 g/mol. The Morgan fingerprint density at radius 2 is 1.96 bits per heavy atom. The molecule has 2 aromatic heterocycles. The van der Waals surface area contributed by atoms with Crippen molar-refractivity contribution in [3.05, 3.63) is 82.2 Å². The van der Waals surface area contributed by atoms with Gasteiger partial charge in [0.2, 0.25) is 0 Å². The van der Waals surface area contributed by atoms with Gasteiger partial charge in [0.1, 0.15) is 34.6 Å². The average Bonchev–Trinajstić information content (AvgIpc) is 3.04. The third-order valence-electron chi connectivity index (χ3n) is 11.5. The van der Waals surface area contributed by atoms with Crippen LogP contribution in [0.3, 0.4) is 0 Å². The molecule has 0 amide bonds. The Morgan fingerprint density at radius 3 is 2.70 bits per heavy atom. The standard InChI is InChI=1S/C37H42FNO8/c1-5-6-13-29(40)45-28-18-26-35(2,15-14-27-36(26,3)20-43-34(46-27)22-11-7-8-12-23(22)38)32-31(41)30-25(47-37(28,32)4)17-24(44-33(30)42)21-10-9-16-39-19-21/h7-12,16-17,19,26-28,31-32,34,41H,5-6,13-15,18,20H2,1-4H3/t26-,27+,28+,31+,32-,34-,35+,36+,37-/m1/s1. The van der Waals surface area contributed by atoms with Crippen LogP contribution in [0.15, 0.2) is 64.1 Å². The maximum Gasteiger partial charge on any atom is 0.345 e. The first kappa shape index (κ1) is 32.0. The van der Waals surface area contributed by atoms with E-state index in [1.165, 1.54) is 6.07 Å². The number of hydrogen-bond donors (Lipinski definition) is 1. The Hall–Kier alpha value is -3.60. The number of aliphatic hydroxyl groups is 1. The molecule has 9 atom stereocenters. The van der Waals surface area contributed by atoms with Crippen LogP contribution in [0, 0.1) is 28.5 Å². The first-order chi connectivity index (χ1) is 22.5.